The Balaban J connectivity index is 1.36. The molecule has 0 unspecified atom stereocenters. The fourth-order valence-electron chi connectivity index (χ4n) is 5.87. The number of hydrogen-bond acceptors (Lipinski definition) is 5. The van der Waals surface area contributed by atoms with E-state index in [-0.39, 0.29) is 35.4 Å². The molecule has 0 radical (unpaired) electrons. The van der Waals surface area contributed by atoms with Gasteiger partial charge in [-0.25, -0.2) is 4.98 Å². The van der Waals surface area contributed by atoms with Crippen molar-refractivity contribution in [2.24, 2.45) is 5.41 Å². The molecule has 2 bridgehead atoms. The van der Waals surface area contributed by atoms with Crippen LogP contribution < -0.4 is 10.1 Å². The number of nitrogens with one attached hydrogen (secondary N) is 1. The van der Waals surface area contributed by atoms with Crippen LogP contribution in [-0.4, -0.2) is 56.2 Å². The summed E-state index contributed by atoms with van der Waals surface area (Å²) in [5.74, 6) is 7.86. The highest BCUT2D eigenvalue weighted by atomic mass is 16.5. The van der Waals surface area contributed by atoms with Crippen LogP contribution >= 0.6 is 0 Å². The van der Waals surface area contributed by atoms with Crippen LogP contribution in [0.3, 0.4) is 0 Å². The lowest BCUT2D eigenvalue weighted by molar-refractivity contribution is -0.156. The maximum absolute atomic E-state index is 13.1. The van der Waals surface area contributed by atoms with E-state index in [4.69, 9.17) is 9.72 Å². The molecule has 0 spiro atoms. The average molecular weight is 513 g/mol. The molecule has 3 aliphatic heterocycles. The normalized spacial score (nSPS) is 21.1. The smallest absolute Gasteiger partial charge is 0.254 e. The van der Waals surface area contributed by atoms with Gasteiger partial charge in [0.05, 0.1) is 34.6 Å². The van der Waals surface area contributed by atoms with E-state index >= 15 is 0 Å². The number of amides is 2. The quantitative estimate of drug-likeness (QED) is 0.523. The maximum atomic E-state index is 13.1. The molecule has 2 aromatic carbocycles. The van der Waals surface area contributed by atoms with Crippen LogP contribution in [0, 0.1) is 17.3 Å². The van der Waals surface area contributed by atoms with Gasteiger partial charge in [0.25, 0.3) is 11.8 Å². The molecule has 3 aromatic rings. The zero-order valence-electron chi connectivity index (χ0n) is 22.3. The number of aliphatic hydroxyl groups is 1. The number of carbonyl (C=O) groups is 2. The zero-order valence-corrected chi connectivity index (χ0v) is 22.3. The van der Waals surface area contributed by atoms with E-state index < -0.39 is 5.60 Å². The first-order valence-corrected chi connectivity index (χ1v) is 13.1. The summed E-state index contributed by atoms with van der Waals surface area (Å²) in [6.07, 6.45) is 0.697. The Morgan fingerprint density at radius 2 is 2.03 bits per heavy atom. The molecular formula is C30H32N4O4. The van der Waals surface area contributed by atoms with Crippen LogP contribution in [0.25, 0.3) is 11.0 Å². The van der Waals surface area contributed by atoms with Crippen LogP contribution in [0.1, 0.15) is 80.4 Å². The van der Waals surface area contributed by atoms with E-state index in [0.717, 1.165) is 33.7 Å². The maximum Gasteiger partial charge on any atom is 0.254 e. The summed E-state index contributed by atoms with van der Waals surface area (Å²) < 4.78 is 8.38. The van der Waals surface area contributed by atoms with E-state index in [9.17, 15) is 14.7 Å². The molecule has 0 aliphatic carbocycles. The SMILES string of the molecule is CC(C)Oc1cccc2c1[C@H]1C[C@@H](NC2=O)c2nc3ccc(C#CC4(C)CN(C(=O)C(C)(C)O)C4)cc3n21. The predicted octanol–water partition coefficient (Wildman–Crippen LogP) is 3.57. The molecule has 3 aliphatic rings. The molecule has 196 valence electrons. The summed E-state index contributed by atoms with van der Waals surface area (Å²) in [4.78, 5) is 32.0. The Hall–Kier alpha value is -3.83. The summed E-state index contributed by atoms with van der Waals surface area (Å²) in [6, 6.07) is 11.4. The zero-order chi connectivity index (χ0) is 27.0. The van der Waals surface area contributed by atoms with Crippen LogP contribution in [0.4, 0.5) is 0 Å². The summed E-state index contributed by atoms with van der Waals surface area (Å²) in [7, 11) is 0. The predicted molar refractivity (Wildman–Crippen MR) is 143 cm³/mol. The second-order valence-electron chi connectivity index (χ2n) is 11.7. The molecule has 2 N–H and O–H groups in total. The fraction of sp³-hybridized carbons (Fsp3) is 0.433. The third-order valence-corrected chi connectivity index (χ3v) is 7.51. The lowest BCUT2D eigenvalue weighted by Gasteiger charge is -2.46. The number of ether oxygens (including phenoxy) is 1. The molecule has 0 saturated carbocycles. The third kappa shape index (κ3) is 3.93. The minimum Gasteiger partial charge on any atom is -0.491 e. The van der Waals surface area contributed by atoms with Gasteiger partial charge in [-0.3, -0.25) is 9.59 Å². The molecule has 8 nitrogen and oxygen atoms in total. The molecule has 4 heterocycles. The number of rotatable bonds is 3. The van der Waals surface area contributed by atoms with Gasteiger partial charge in [-0.1, -0.05) is 17.9 Å². The first-order valence-electron chi connectivity index (χ1n) is 13.1. The average Bonchev–Trinajstić information content (AvgIpc) is 3.31. The lowest BCUT2D eigenvalue weighted by Crippen LogP contribution is -2.60. The number of benzene rings is 2. The Kier molecular flexibility index (Phi) is 5.38. The standard InChI is InChI=1S/C30H32N4O4/c1-17(2)38-24-8-6-7-19-25(24)23-14-21(32-27(19)35)26-31-20-10-9-18(13-22(20)34(23)26)11-12-30(5)15-33(16-30)28(36)29(3,4)37/h6-10,13,17,21,23,37H,14-16H2,1-5H3,(H,32,35)/t21-,23-/m1/s1. The van der Waals surface area contributed by atoms with Gasteiger partial charge in [-0.15, -0.1) is 0 Å². The molecule has 1 fully saturated rings. The Labute approximate surface area is 222 Å². The second-order valence-corrected chi connectivity index (χ2v) is 11.7. The van der Waals surface area contributed by atoms with Crippen molar-refractivity contribution < 1.29 is 19.4 Å². The van der Waals surface area contributed by atoms with Crippen molar-refractivity contribution in [2.75, 3.05) is 13.1 Å². The van der Waals surface area contributed by atoms with Gasteiger partial charge in [0.15, 0.2) is 0 Å². The lowest BCUT2D eigenvalue weighted by atomic mass is 9.81. The Morgan fingerprint density at radius 3 is 2.74 bits per heavy atom. The first-order chi connectivity index (χ1) is 17.9. The van der Waals surface area contributed by atoms with Gasteiger partial charge in [0.1, 0.15) is 17.2 Å². The number of aromatic nitrogens is 2. The van der Waals surface area contributed by atoms with Crippen LogP contribution in [0.15, 0.2) is 36.4 Å². The number of hydrogen-bond donors (Lipinski definition) is 2. The molecule has 1 aromatic heterocycles. The highest BCUT2D eigenvalue weighted by Gasteiger charge is 2.44. The van der Waals surface area contributed by atoms with Crippen molar-refractivity contribution >= 4 is 22.8 Å². The van der Waals surface area contributed by atoms with Crippen molar-refractivity contribution in [3.05, 3.63) is 58.9 Å². The van der Waals surface area contributed by atoms with E-state index in [0.29, 0.717) is 25.1 Å². The van der Waals surface area contributed by atoms with E-state index in [2.05, 4.69) is 27.8 Å². The van der Waals surface area contributed by atoms with Crippen molar-refractivity contribution in [1.29, 1.82) is 0 Å². The monoisotopic (exact) mass is 512 g/mol. The van der Waals surface area contributed by atoms with Crippen LogP contribution in [0.2, 0.25) is 0 Å². The van der Waals surface area contributed by atoms with Gasteiger partial charge >= 0.3 is 0 Å². The minimum atomic E-state index is -1.38. The first kappa shape index (κ1) is 24.5. The number of imidazole rings is 1. The number of nitrogens with zero attached hydrogens (tertiary/aromatic N) is 3. The molecular weight excluding hydrogens is 480 g/mol. The fourth-order valence-corrected chi connectivity index (χ4v) is 5.87. The van der Waals surface area contributed by atoms with E-state index in [1.807, 2.05) is 51.1 Å². The third-order valence-electron chi connectivity index (χ3n) is 7.51. The Morgan fingerprint density at radius 1 is 1.26 bits per heavy atom. The highest BCUT2D eigenvalue weighted by Crippen LogP contribution is 2.47. The van der Waals surface area contributed by atoms with Gasteiger partial charge < -0.3 is 24.6 Å². The van der Waals surface area contributed by atoms with Crippen molar-refractivity contribution in [2.45, 2.75) is 64.8 Å². The topological polar surface area (TPSA) is 96.7 Å². The summed E-state index contributed by atoms with van der Waals surface area (Å²) >= 11 is 0. The number of likely N-dealkylation sites (tertiary alicyclic amines) is 1. The van der Waals surface area contributed by atoms with Crippen molar-refractivity contribution in [3.8, 4) is 17.6 Å². The molecule has 2 atom stereocenters. The summed E-state index contributed by atoms with van der Waals surface area (Å²) in [5.41, 5.74) is 2.53. The summed E-state index contributed by atoms with van der Waals surface area (Å²) in [5, 5.41) is 13.2. The molecule has 1 saturated heterocycles. The van der Waals surface area contributed by atoms with Crippen LogP contribution in [-0.2, 0) is 4.79 Å². The largest absolute Gasteiger partial charge is 0.491 e. The van der Waals surface area contributed by atoms with E-state index in [1.54, 1.807) is 4.90 Å². The Bertz CT molecular complexity index is 1550. The number of carbonyl (C=O) groups excluding carboxylic acids is 2. The van der Waals surface area contributed by atoms with Gasteiger partial charge in [-0.2, -0.15) is 0 Å². The number of fused-ring (bicyclic) bond motifs is 9. The van der Waals surface area contributed by atoms with Crippen molar-refractivity contribution in [3.63, 3.8) is 0 Å². The van der Waals surface area contributed by atoms with Crippen LogP contribution in [0.5, 0.6) is 5.75 Å². The van der Waals surface area contributed by atoms with Gasteiger partial charge in [0, 0.05) is 29.8 Å². The van der Waals surface area contributed by atoms with Gasteiger partial charge in [-0.05, 0) is 71.4 Å². The highest BCUT2D eigenvalue weighted by molar-refractivity contribution is 5.98. The second kappa shape index (κ2) is 8.34. The minimum absolute atomic E-state index is 0.0200. The molecule has 38 heavy (non-hydrogen) atoms. The molecule has 6 rings (SSSR count). The molecule has 2 amide bonds. The van der Waals surface area contributed by atoms with Crippen molar-refractivity contribution in [1.82, 2.24) is 19.8 Å². The van der Waals surface area contributed by atoms with E-state index in [1.165, 1.54) is 13.8 Å². The van der Waals surface area contributed by atoms with Gasteiger partial charge in [0.2, 0.25) is 0 Å². The summed E-state index contributed by atoms with van der Waals surface area (Å²) in [6.45, 7) is 10.0. The molecule has 8 heteroatoms.